The van der Waals surface area contributed by atoms with Gasteiger partial charge in [0.1, 0.15) is 5.75 Å². The number of aryl methyl sites for hydroxylation is 2. The lowest BCUT2D eigenvalue weighted by molar-refractivity contribution is 0.0730. The molecule has 0 atom stereocenters. The van der Waals surface area contributed by atoms with Gasteiger partial charge in [-0.25, -0.2) is 8.42 Å². The van der Waals surface area contributed by atoms with Gasteiger partial charge in [0.15, 0.2) is 0 Å². The first kappa shape index (κ1) is 16.3. The molecule has 6 heteroatoms. The van der Waals surface area contributed by atoms with Crippen LogP contribution in [0.5, 0.6) is 5.75 Å². The molecule has 0 aliphatic carbocycles. The molecule has 1 aromatic rings. The van der Waals surface area contributed by atoms with Gasteiger partial charge in [0.2, 0.25) is 10.0 Å². The van der Waals surface area contributed by atoms with Crippen LogP contribution in [-0.2, 0) is 14.8 Å². The normalized spacial score (nSPS) is 16.9. The second kappa shape index (κ2) is 6.77. The molecule has 0 N–H and O–H groups in total. The molecule has 0 radical (unpaired) electrons. The predicted octanol–water partition coefficient (Wildman–Crippen LogP) is 2.11. The molecule has 1 heterocycles. The van der Waals surface area contributed by atoms with E-state index in [2.05, 4.69) is 0 Å². The van der Waals surface area contributed by atoms with Crippen LogP contribution < -0.4 is 4.74 Å². The van der Waals surface area contributed by atoms with Gasteiger partial charge in [-0.2, -0.15) is 4.31 Å². The summed E-state index contributed by atoms with van der Waals surface area (Å²) in [5, 5.41) is 0. The Morgan fingerprint density at radius 3 is 2.48 bits per heavy atom. The molecule has 0 saturated carbocycles. The van der Waals surface area contributed by atoms with Crippen LogP contribution in [-0.4, -0.2) is 45.6 Å². The molecule has 0 amide bonds. The molecular formula is C15H23NO4S. The third-order valence-corrected chi connectivity index (χ3v) is 5.56. The number of hydrogen-bond donors (Lipinski definition) is 0. The summed E-state index contributed by atoms with van der Waals surface area (Å²) in [5.41, 5.74) is 1.71. The summed E-state index contributed by atoms with van der Waals surface area (Å²) >= 11 is 0. The minimum Gasteiger partial charge on any atom is -0.493 e. The lowest BCUT2D eigenvalue weighted by atomic mass is 10.1. The molecule has 0 aromatic heterocycles. The Bertz CT molecular complexity index is 592. The Morgan fingerprint density at radius 1 is 1.19 bits per heavy atom. The average molecular weight is 313 g/mol. The smallest absolute Gasteiger partial charge is 0.243 e. The molecule has 0 spiro atoms. The van der Waals surface area contributed by atoms with Crippen molar-refractivity contribution >= 4 is 10.0 Å². The zero-order valence-electron chi connectivity index (χ0n) is 12.9. The maximum absolute atomic E-state index is 12.8. The number of nitrogens with zero attached hydrogens (tertiary/aromatic N) is 1. The van der Waals surface area contributed by atoms with E-state index in [1.165, 1.54) is 4.31 Å². The summed E-state index contributed by atoms with van der Waals surface area (Å²) in [6.45, 7) is 8.07. The highest BCUT2D eigenvalue weighted by Crippen LogP contribution is 2.28. The van der Waals surface area contributed by atoms with E-state index < -0.39 is 10.0 Å². The van der Waals surface area contributed by atoms with E-state index in [4.69, 9.17) is 9.47 Å². The standard InChI is InChI=1S/C15H23NO4S/c1-4-7-20-14-11-15(13(3)10-12(14)2)21(17,18)16-5-8-19-9-6-16/h10-11H,4-9H2,1-3H3. The SMILES string of the molecule is CCCOc1cc(S(=O)(=O)N2CCOCC2)c(C)cc1C. The molecule has 0 unspecified atom stereocenters. The van der Waals surface area contributed by atoms with Crippen molar-refractivity contribution in [2.75, 3.05) is 32.9 Å². The zero-order valence-corrected chi connectivity index (χ0v) is 13.7. The molecule has 1 aromatic carbocycles. The molecule has 21 heavy (non-hydrogen) atoms. The van der Waals surface area contributed by atoms with Crippen molar-refractivity contribution in [1.29, 1.82) is 0 Å². The van der Waals surface area contributed by atoms with Crippen molar-refractivity contribution in [3.63, 3.8) is 0 Å². The number of benzene rings is 1. The van der Waals surface area contributed by atoms with Crippen LogP contribution in [0.15, 0.2) is 17.0 Å². The Labute approximate surface area is 126 Å². The van der Waals surface area contributed by atoms with Gasteiger partial charge in [0.05, 0.1) is 24.7 Å². The Balaban J connectivity index is 2.37. The summed E-state index contributed by atoms with van der Waals surface area (Å²) in [7, 11) is -3.48. The van der Waals surface area contributed by atoms with E-state index in [0.29, 0.717) is 43.6 Å². The minimum atomic E-state index is -3.48. The minimum absolute atomic E-state index is 0.334. The first-order valence-electron chi connectivity index (χ1n) is 7.28. The largest absolute Gasteiger partial charge is 0.493 e. The Kier molecular flexibility index (Phi) is 5.24. The van der Waals surface area contributed by atoms with Crippen LogP contribution in [0.3, 0.4) is 0 Å². The summed E-state index contributed by atoms with van der Waals surface area (Å²) < 4.78 is 37.9. The quantitative estimate of drug-likeness (QED) is 0.835. The summed E-state index contributed by atoms with van der Waals surface area (Å²) in [4.78, 5) is 0.334. The highest BCUT2D eigenvalue weighted by Gasteiger charge is 2.28. The van der Waals surface area contributed by atoms with Gasteiger partial charge in [-0.1, -0.05) is 13.0 Å². The van der Waals surface area contributed by atoms with Crippen LogP contribution >= 0.6 is 0 Å². The second-order valence-corrected chi connectivity index (χ2v) is 7.15. The van der Waals surface area contributed by atoms with Crippen LogP contribution in [0.25, 0.3) is 0 Å². The van der Waals surface area contributed by atoms with Gasteiger partial charge in [0, 0.05) is 19.2 Å². The van der Waals surface area contributed by atoms with Gasteiger partial charge < -0.3 is 9.47 Å². The topological polar surface area (TPSA) is 55.8 Å². The van der Waals surface area contributed by atoms with Crippen LogP contribution in [0.4, 0.5) is 0 Å². The number of sulfonamides is 1. The molecule has 1 saturated heterocycles. The zero-order chi connectivity index (χ0) is 15.5. The highest BCUT2D eigenvalue weighted by atomic mass is 32.2. The Morgan fingerprint density at radius 2 is 1.86 bits per heavy atom. The molecule has 1 aliphatic heterocycles. The molecule has 2 rings (SSSR count). The van der Waals surface area contributed by atoms with Crippen molar-refractivity contribution in [3.05, 3.63) is 23.3 Å². The summed E-state index contributed by atoms with van der Waals surface area (Å²) in [5.74, 6) is 0.647. The fourth-order valence-corrected chi connectivity index (χ4v) is 4.01. The number of hydrogen-bond acceptors (Lipinski definition) is 4. The fraction of sp³-hybridized carbons (Fsp3) is 0.600. The predicted molar refractivity (Wildman–Crippen MR) is 81.3 cm³/mol. The second-order valence-electron chi connectivity index (χ2n) is 5.25. The van der Waals surface area contributed by atoms with E-state index >= 15 is 0 Å². The summed E-state index contributed by atoms with van der Waals surface area (Å²) in [6.07, 6.45) is 0.888. The van der Waals surface area contributed by atoms with Crippen molar-refractivity contribution in [2.24, 2.45) is 0 Å². The van der Waals surface area contributed by atoms with Gasteiger partial charge in [0.25, 0.3) is 0 Å². The number of ether oxygens (including phenoxy) is 2. The van der Waals surface area contributed by atoms with Crippen molar-refractivity contribution in [1.82, 2.24) is 4.31 Å². The van der Waals surface area contributed by atoms with E-state index in [0.717, 1.165) is 17.5 Å². The first-order chi connectivity index (χ1) is 9.96. The van der Waals surface area contributed by atoms with Gasteiger partial charge in [-0.3, -0.25) is 0 Å². The molecule has 1 aliphatic rings. The third-order valence-electron chi connectivity index (χ3n) is 3.52. The molecule has 5 nitrogen and oxygen atoms in total. The Hall–Kier alpha value is -1.11. The average Bonchev–Trinajstić information content (AvgIpc) is 2.47. The molecular weight excluding hydrogens is 290 g/mol. The van der Waals surface area contributed by atoms with Crippen molar-refractivity contribution in [2.45, 2.75) is 32.1 Å². The molecule has 0 bridgehead atoms. The third kappa shape index (κ3) is 3.56. The van der Waals surface area contributed by atoms with E-state index in [1.54, 1.807) is 6.07 Å². The first-order valence-corrected chi connectivity index (χ1v) is 8.72. The maximum atomic E-state index is 12.8. The van der Waals surface area contributed by atoms with Gasteiger partial charge in [-0.05, 0) is 31.4 Å². The molecule has 118 valence electrons. The summed E-state index contributed by atoms with van der Waals surface area (Å²) in [6, 6.07) is 3.53. The van der Waals surface area contributed by atoms with Crippen LogP contribution in [0.2, 0.25) is 0 Å². The lowest BCUT2D eigenvalue weighted by Crippen LogP contribution is -2.40. The van der Waals surface area contributed by atoms with Crippen molar-refractivity contribution in [3.8, 4) is 5.75 Å². The lowest BCUT2D eigenvalue weighted by Gasteiger charge is -2.27. The van der Waals surface area contributed by atoms with E-state index in [9.17, 15) is 8.42 Å². The monoisotopic (exact) mass is 313 g/mol. The van der Waals surface area contributed by atoms with Gasteiger partial charge in [-0.15, -0.1) is 0 Å². The van der Waals surface area contributed by atoms with Crippen LogP contribution in [0, 0.1) is 13.8 Å². The van der Waals surface area contributed by atoms with Crippen molar-refractivity contribution < 1.29 is 17.9 Å². The van der Waals surface area contributed by atoms with E-state index in [1.807, 2.05) is 26.8 Å². The number of morpholine rings is 1. The maximum Gasteiger partial charge on any atom is 0.243 e. The van der Waals surface area contributed by atoms with Gasteiger partial charge >= 0.3 is 0 Å². The van der Waals surface area contributed by atoms with Crippen LogP contribution in [0.1, 0.15) is 24.5 Å². The molecule has 1 fully saturated rings. The number of rotatable bonds is 5. The highest BCUT2D eigenvalue weighted by molar-refractivity contribution is 7.89. The fourth-order valence-electron chi connectivity index (χ4n) is 2.39. The van der Waals surface area contributed by atoms with E-state index in [-0.39, 0.29) is 0 Å².